The number of aryl methyl sites for hydroxylation is 2. The molecule has 6 nitrogen and oxygen atoms in total. The van der Waals surface area contributed by atoms with Crippen LogP contribution in [0.3, 0.4) is 0 Å². The Balaban J connectivity index is 1.54. The third kappa shape index (κ3) is 5.24. The summed E-state index contributed by atoms with van der Waals surface area (Å²) in [5.74, 6) is -0.490. The molecule has 0 saturated carbocycles. The van der Waals surface area contributed by atoms with E-state index in [-0.39, 0.29) is 30.4 Å². The van der Waals surface area contributed by atoms with Crippen molar-refractivity contribution in [3.8, 4) is 0 Å². The Morgan fingerprint density at radius 3 is 2.27 bits per heavy atom. The summed E-state index contributed by atoms with van der Waals surface area (Å²) in [6.45, 7) is 6.22. The summed E-state index contributed by atoms with van der Waals surface area (Å²) < 4.78 is 39.8. The molecule has 3 rings (SSSR count). The van der Waals surface area contributed by atoms with Crippen molar-refractivity contribution in [2.75, 3.05) is 39.8 Å². The van der Waals surface area contributed by atoms with E-state index >= 15 is 0 Å². The Hall–Kier alpha value is -2.29. The number of hydrogen-bond donors (Lipinski definition) is 0. The molecule has 0 aromatic heterocycles. The molecule has 0 atom stereocenters. The van der Waals surface area contributed by atoms with Crippen LogP contribution < -0.4 is 0 Å². The van der Waals surface area contributed by atoms with Crippen LogP contribution in [-0.4, -0.2) is 68.2 Å². The number of carbonyl (C=O) groups excluding carboxylic acids is 1. The summed E-state index contributed by atoms with van der Waals surface area (Å²) >= 11 is 0. The van der Waals surface area contributed by atoms with Crippen molar-refractivity contribution in [1.82, 2.24) is 14.1 Å². The smallest absolute Gasteiger partial charge is 0.243 e. The van der Waals surface area contributed by atoms with Crippen molar-refractivity contribution in [2.45, 2.75) is 25.3 Å². The molecule has 1 fully saturated rings. The molecule has 0 radical (unpaired) electrons. The van der Waals surface area contributed by atoms with Crippen LogP contribution in [0.1, 0.15) is 16.7 Å². The molecular weight excluding hydrogens is 405 g/mol. The highest BCUT2D eigenvalue weighted by Gasteiger charge is 2.30. The van der Waals surface area contributed by atoms with Crippen LogP contribution in [0.4, 0.5) is 4.39 Å². The van der Waals surface area contributed by atoms with Crippen LogP contribution in [-0.2, 0) is 21.4 Å². The van der Waals surface area contributed by atoms with Crippen molar-refractivity contribution < 1.29 is 17.6 Å². The first-order valence-electron chi connectivity index (χ1n) is 9.95. The van der Waals surface area contributed by atoms with Gasteiger partial charge in [0.1, 0.15) is 5.82 Å². The Kier molecular flexibility index (Phi) is 6.90. The van der Waals surface area contributed by atoms with Crippen molar-refractivity contribution >= 4 is 15.9 Å². The zero-order valence-corrected chi connectivity index (χ0v) is 18.5. The SMILES string of the molecule is Cc1ccc(CN(C)CC(=O)N2CCN(S(=O)(=O)c3ccc(F)cc3)CC2)c(C)c1. The van der Waals surface area contributed by atoms with Gasteiger partial charge in [-0.3, -0.25) is 9.69 Å². The summed E-state index contributed by atoms with van der Waals surface area (Å²) in [4.78, 5) is 16.4. The van der Waals surface area contributed by atoms with Crippen LogP contribution in [0.5, 0.6) is 0 Å². The quantitative estimate of drug-likeness (QED) is 0.702. The number of carbonyl (C=O) groups is 1. The lowest BCUT2D eigenvalue weighted by Crippen LogP contribution is -2.52. The van der Waals surface area contributed by atoms with E-state index in [1.54, 1.807) is 4.90 Å². The summed E-state index contributed by atoms with van der Waals surface area (Å²) in [5, 5.41) is 0. The number of halogens is 1. The summed E-state index contributed by atoms with van der Waals surface area (Å²) in [6.07, 6.45) is 0. The molecule has 1 aliphatic heterocycles. The van der Waals surface area contributed by atoms with Gasteiger partial charge in [0.15, 0.2) is 0 Å². The van der Waals surface area contributed by atoms with Crippen LogP contribution >= 0.6 is 0 Å². The van der Waals surface area contributed by atoms with E-state index in [0.29, 0.717) is 19.6 Å². The average Bonchev–Trinajstić information content (AvgIpc) is 2.70. The van der Waals surface area contributed by atoms with E-state index in [4.69, 9.17) is 0 Å². The first-order valence-corrected chi connectivity index (χ1v) is 11.4. The Morgan fingerprint density at radius 2 is 1.67 bits per heavy atom. The molecule has 1 amide bonds. The number of benzene rings is 2. The molecule has 162 valence electrons. The second kappa shape index (κ2) is 9.24. The topological polar surface area (TPSA) is 60.9 Å². The molecule has 0 bridgehead atoms. The highest BCUT2D eigenvalue weighted by molar-refractivity contribution is 7.89. The third-order valence-electron chi connectivity index (χ3n) is 5.39. The molecule has 2 aromatic carbocycles. The van der Waals surface area contributed by atoms with E-state index in [0.717, 1.165) is 12.1 Å². The molecule has 2 aromatic rings. The molecule has 1 aliphatic rings. The van der Waals surface area contributed by atoms with Gasteiger partial charge in [-0.1, -0.05) is 23.8 Å². The number of piperazine rings is 1. The molecule has 0 N–H and O–H groups in total. The monoisotopic (exact) mass is 433 g/mol. The molecule has 0 spiro atoms. The minimum atomic E-state index is -3.68. The first kappa shape index (κ1) is 22.4. The predicted molar refractivity (Wildman–Crippen MR) is 114 cm³/mol. The van der Waals surface area contributed by atoms with Crippen molar-refractivity contribution in [2.24, 2.45) is 0 Å². The summed E-state index contributed by atoms with van der Waals surface area (Å²) in [7, 11) is -1.77. The van der Waals surface area contributed by atoms with E-state index < -0.39 is 15.8 Å². The lowest BCUT2D eigenvalue weighted by Gasteiger charge is -2.34. The van der Waals surface area contributed by atoms with Crippen LogP contribution in [0.15, 0.2) is 47.4 Å². The maximum absolute atomic E-state index is 13.1. The lowest BCUT2D eigenvalue weighted by molar-refractivity contribution is -0.133. The summed E-state index contributed by atoms with van der Waals surface area (Å²) in [6, 6.07) is 11.1. The largest absolute Gasteiger partial charge is 0.339 e. The molecule has 0 aliphatic carbocycles. The minimum Gasteiger partial charge on any atom is -0.339 e. The standard InChI is InChI=1S/C22H28FN3O3S/c1-17-4-5-19(18(2)14-17)15-24(3)16-22(27)25-10-12-26(13-11-25)30(28,29)21-8-6-20(23)7-9-21/h4-9,14H,10-13,15-16H2,1-3H3. The second-order valence-electron chi connectivity index (χ2n) is 7.84. The Labute approximate surface area is 177 Å². The van der Waals surface area contributed by atoms with E-state index in [2.05, 4.69) is 32.0 Å². The number of hydrogen-bond acceptors (Lipinski definition) is 4. The fourth-order valence-electron chi connectivity index (χ4n) is 3.63. The Morgan fingerprint density at radius 1 is 1.03 bits per heavy atom. The van der Waals surface area contributed by atoms with Gasteiger partial charge in [-0.25, -0.2) is 12.8 Å². The molecule has 1 heterocycles. The van der Waals surface area contributed by atoms with E-state index in [9.17, 15) is 17.6 Å². The first-order chi connectivity index (χ1) is 14.2. The normalized spacial score (nSPS) is 15.6. The molecular formula is C22H28FN3O3S. The van der Waals surface area contributed by atoms with Gasteiger partial charge < -0.3 is 4.90 Å². The fourth-order valence-corrected chi connectivity index (χ4v) is 5.06. The maximum Gasteiger partial charge on any atom is 0.243 e. The van der Waals surface area contributed by atoms with Gasteiger partial charge >= 0.3 is 0 Å². The van der Waals surface area contributed by atoms with Crippen molar-refractivity contribution in [3.63, 3.8) is 0 Å². The van der Waals surface area contributed by atoms with Gasteiger partial charge in [-0.05, 0) is 56.3 Å². The van der Waals surface area contributed by atoms with Gasteiger partial charge in [0.05, 0.1) is 11.4 Å². The number of likely N-dealkylation sites (N-methyl/N-ethyl adjacent to an activating group) is 1. The zero-order chi connectivity index (χ0) is 21.9. The molecule has 30 heavy (non-hydrogen) atoms. The van der Waals surface area contributed by atoms with E-state index in [1.807, 2.05) is 11.9 Å². The van der Waals surface area contributed by atoms with Crippen LogP contribution in [0.25, 0.3) is 0 Å². The van der Waals surface area contributed by atoms with Gasteiger partial charge in [-0.15, -0.1) is 0 Å². The number of sulfonamides is 1. The highest BCUT2D eigenvalue weighted by Crippen LogP contribution is 2.18. The minimum absolute atomic E-state index is 0.0129. The van der Waals surface area contributed by atoms with Gasteiger partial charge in [0.2, 0.25) is 15.9 Å². The predicted octanol–water partition coefficient (Wildman–Crippen LogP) is 2.41. The Bertz CT molecular complexity index is 1000. The number of amides is 1. The van der Waals surface area contributed by atoms with Gasteiger partial charge in [-0.2, -0.15) is 4.31 Å². The maximum atomic E-state index is 13.1. The molecule has 0 unspecified atom stereocenters. The average molecular weight is 434 g/mol. The molecule has 8 heteroatoms. The van der Waals surface area contributed by atoms with Crippen molar-refractivity contribution in [3.05, 3.63) is 65.0 Å². The molecule has 1 saturated heterocycles. The fraction of sp³-hybridized carbons (Fsp3) is 0.409. The zero-order valence-electron chi connectivity index (χ0n) is 17.6. The van der Waals surface area contributed by atoms with Crippen LogP contribution in [0, 0.1) is 19.7 Å². The number of rotatable bonds is 6. The van der Waals surface area contributed by atoms with E-state index in [1.165, 1.54) is 33.1 Å². The van der Waals surface area contributed by atoms with Crippen molar-refractivity contribution in [1.29, 1.82) is 0 Å². The van der Waals surface area contributed by atoms with Crippen LogP contribution in [0.2, 0.25) is 0 Å². The second-order valence-corrected chi connectivity index (χ2v) is 9.78. The lowest BCUT2D eigenvalue weighted by atomic mass is 10.1. The number of nitrogens with zero attached hydrogens (tertiary/aromatic N) is 3. The third-order valence-corrected chi connectivity index (χ3v) is 7.30. The van der Waals surface area contributed by atoms with Gasteiger partial charge in [0.25, 0.3) is 0 Å². The summed E-state index contributed by atoms with van der Waals surface area (Å²) in [5.41, 5.74) is 3.60. The highest BCUT2D eigenvalue weighted by atomic mass is 32.2. The van der Waals surface area contributed by atoms with Gasteiger partial charge in [0, 0.05) is 32.7 Å².